The monoisotopic (exact) mass is 391 g/mol. The van der Waals surface area contributed by atoms with E-state index in [4.69, 9.17) is 18.9 Å². The lowest BCUT2D eigenvalue weighted by Gasteiger charge is -2.19. The van der Waals surface area contributed by atoms with E-state index in [1.165, 1.54) is 0 Å². The minimum Gasteiger partial charge on any atom is -0.454 e. The molecule has 0 aromatic heterocycles. The Morgan fingerprint density at radius 1 is 0.963 bits per heavy atom. The molecular formula is C20H22ClNO5. The molecule has 2 aromatic carbocycles. The van der Waals surface area contributed by atoms with Gasteiger partial charge in [0.05, 0.1) is 6.04 Å². The van der Waals surface area contributed by atoms with Crippen molar-refractivity contribution in [1.82, 2.24) is 5.32 Å². The Balaban J connectivity index is 0.00000210. The number of hydrogen-bond acceptors (Lipinski definition) is 6. The van der Waals surface area contributed by atoms with Crippen LogP contribution in [-0.2, 0) is 0 Å². The summed E-state index contributed by atoms with van der Waals surface area (Å²) >= 11 is 0. The zero-order chi connectivity index (χ0) is 17.9. The molecule has 0 spiro atoms. The van der Waals surface area contributed by atoms with Crippen LogP contribution in [0.4, 0.5) is 0 Å². The lowest BCUT2D eigenvalue weighted by molar-refractivity contribution is 0.0942. The van der Waals surface area contributed by atoms with Gasteiger partial charge in [-0.3, -0.25) is 4.79 Å². The van der Waals surface area contributed by atoms with Gasteiger partial charge < -0.3 is 24.3 Å². The molecule has 0 radical (unpaired) electrons. The van der Waals surface area contributed by atoms with Crippen molar-refractivity contribution in [1.29, 1.82) is 0 Å². The predicted molar refractivity (Wildman–Crippen MR) is 102 cm³/mol. The first-order valence-corrected chi connectivity index (χ1v) is 8.83. The molecule has 6 nitrogen and oxygen atoms in total. The molecule has 0 saturated heterocycles. The molecule has 0 saturated carbocycles. The number of nitrogens with one attached hydrogen (secondary N) is 1. The average Bonchev–Trinajstić information content (AvgIpc) is 3.32. The summed E-state index contributed by atoms with van der Waals surface area (Å²) in [5.41, 5.74) is 1.44. The number of Topliss-reactive ketones (excluding diaryl/α,β-unsaturated/α-hetero) is 1. The largest absolute Gasteiger partial charge is 0.454 e. The molecule has 0 aliphatic carbocycles. The van der Waals surface area contributed by atoms with Crippen molar-refractivity contribution in [3.05, 3.63) is 47.5 Å². The van der Waals surface area contributed by atoms with Gasteiger partial charge in [0.1, 0.15) is 0 Å². The van der Waals surface area contributed by atoms with Crippen molar-refractivity contribution in [3.8, 4) is 23.0 Å². The third-order valence-electron chi connectivity index (χ3n) is 4.53. The maximum atomic E-state index is 13.2. The summed E-state index contributed by atoms with van der Waals surface area (Å²) < 4.78 is 21.6. The minimum atomic E-state index is -0.462. The molecule has 7 heteroatoms. The fourth-order valence-corrected chi connectivity index (χ4v) is 3.09. The number of hydrogen-bond donors (Lipinski definition) is 1. The van der Waals surface area contributed by atoms with Crippen LogP contribution in [0.25, 0.3) is 0 Å². The van der Waals surface area contributed by atoms with Crippen LogP contribution in [0.5, 0.6) is 23.0 Å². The molecule has 144 valence electrons. The molecule has 1 unspecified atom stereocenters. The van der Waals surface area contributed by atoms with Crippen LogP contribution in [0.2, 0.25) is 0 Å². The lowest BCUT2D eigenvalue weighted by Crippen LogP contribution is -2.29. The van der Waals surface area contributed by atoms with Crippen LogP contribution in [0.15, 0.2) is 36.4 Å². The van der Waals surface area contributed by atoms with Gasteiger partial charge in [-0.05, 0) is 48.9 Å². The second kappa shape index (κ2) is 8.50. The number of benzene rings is 2. The Bertz CT molecular complexity index is 826. The molecule has 0 fully saturated rings. The summed E-state index contributed by atoms with van der Waals surface area (Å²) in [4.78, 5) is 13.2. The molecule has 0 bridgehead atoms. The fourth-order valence-electron chi connectivity index (χ4n) is 3.09. The zero-order valence-electron chi connectivity index (χ0n) is 15.0. The van der Waals surface area contributed by atoms with E-state index in [1.807, 2.05) is 18.2 Å². The first-order chi connectivity index (χ1) is 12.8. The molecule has 27 heavy (non-hydrogen) atoms. The molecule has 4 rings (SSSR count). The van der Waals surface area contributed by atoms with Crippen LogP contribution in [-0.4, -0.2) is 25.9 Å². The first-order valence-electron chi connectivity index (χ1n) is 8.83. The van der Waals surface area contributed by atoms with Gasteiger partial charge in [0.2, 0.25) is 13.6 Å². The highest BCUT2D eigenvalue weighted by molar-refractivity contribution is 6.01. The number of ether oxygens (including phenoxy) is 4. The van der Waals surface area contributed by atoms with E-state index in [-0.39, 0.29) is 31.8 Å². The molecule has 0 amide bonds. The highest BCUT2D eigenvalue weighted by atomic mass is 35.5. The standard InChI is InChI=1S/C20H21NO5.ClH/c1-2-3-8-21-19(13-4-6-15-17(9-13)25-11-23-15)20(22)14-5-7-16-18(10-14)26-12-24-16;/h4-7,9-10,19,21H,2-3,8,11-12H2,1H3;1H. The number of rotatable bonds is 7. The normalized spacial score (nSPS) is 14.6. The van der Waals surface area contributed by atoms with Crippen LogP contribution in [0, 0.1) is 0 Å². The molecule has 2 aliphatic heterocycles. The summed E-state index contributed by atoms with van der Waals surface area (Å²) in [6.45, 7) is 3.28. The second-order valence-electron chi connectivity index (χ2n) is 6.29. The molecule has 1 atom stereocenters. The topological polar surface area (TPSA) is 66.0 Å². The van der Waals surface area contributed by atoms with Gasteiger partial charge in [0.15, 0.2) is 28.8 Å². The van der Waals surface area contributed by atoms with Gasteiger partial charge in [-0.15, -0.1) is 12.4 Å². The van der Waals surface area contributed by atoms with Crippen molar-refractivity contribution in [2.24, 2.45) is 0 Å². The number of fused-ring (bicyclic) bond motifs is 2. The van der Waals surface area contributed by atoms with E-state index in [2.05, 4.69) is 12.2 Å². The Hall–Kier alpha value is -2.44. The Morgan fingerprint density at radius 2 is 1.59 bits per heavy atom. The van der Waals surface area contributed by atoms with E-state index in [1.54, 1.807) is 18.2 Å². The fraction of sp³-hybridized carbons (Fsp3) is 0.350. The van der Waals surface area contributed by atoms with Crippen LogP contribution >= 0.6 is 12.4 Å². The molecule has 2 aliphatic rings. The van der Waals surface area contributed by atoms with Crippen LogP contribution in [0.3, 0.4) is 0 Å². The summed E-state index contributed by atoms with van der Waals surface area (Å²) in [5, 5.41) is 3.38. The minimum absolute atomic E-state index is 0. The van der Waals surface area contributed by atoms with Gasteiger partial charge in [0, 0.05) is 5.56 Å². The quantitative estimate of drug-likeness (QED) is 0.570. The van der Waals surface area contributed by atoms with E-state index >= 15 is 0 Å². The number of carbonyl (C=O) groups excluding carboxylic acids is 1. The van der Waals surface area contributed by atoms with Crippen molar-refractivity contribution < 1.29 is 23.7 Å². The Morgan fingerprint density at radius 3 is 2.30 bits per heavy atom. The predicted octanol–water partition coefficient (Wildman–Crippen LogP) is 3.88. The first kappa shape index (κ1) is 19.3. The number of carbonyl (C=O) groups is 1. The highest BCUT2D eigenvalue weighted by Gasteiger charge is 2.26. The maximum absolute atomic E-state index is 13.2. The van der Waals surface area contributed by atoms with Gasteiger partial charge >= 0.3 is 0 Å². The average molecular weight is 392 g/mol. The summed E-state index contributed by atoms with van der Waals surface area (Å²) in [6, 6.07) is 10.5. The second-order valence-corrected chi connectivity index (χ2v) is 6.29. The van der Waals surface area contributed by atoms with Crippen LogP contribution in [0.1, 0.15) is 41.7 Å². The molecular weight excluding hydrogens is 370 g/mol. The molecule has 1 N–H and O–H groups in total. The van der Waals surface area contributed by atoms with E-state index < -0.39 is 6.04 Å². The van der Waals surface area contributed by atoms with Crippen molar-refractivity contribution >= 4 is 18.2 Å². The van der Waals surface area contributed by atoms with E-state index in [0.29, 0.717) is 28.6 Å². The number of halogens is 1. The smallest absolute Gasteiger partial charge is 0.231 e. The zero-order valence-corrected chi connectivity index (χ0v) is 15.8. The third-order valence-corrected chi connectivity index (χ3v) is 4.53. The van der Waals surface area contributed by atoms with Crippen LogP contribution < -0.4 is 24.3 Å². The lowest BCUT2D eigenvalue weighted by atomic mass is 9.96. The SMILES string of the molecule is CCCCNC(C(=O)c1ccc2c(c1)OCO2)c1ccc2c(c1)OCO2.Cl. The van der Waals surface area contributed by atoms with Gasteiger partial charge in [0.25, 0.3) is 0 Å². The molecule has 2 aromatic rings. The Kier molecular flexibility index (Phi) is 6.08. The number of unbranched alkanes of at least 4 members (excludes halogenated alkanes) is 1. The maximum Gasteiger partial charge on any atom is 0.231 e. The van der Waals surface area contributed by atoms with Crippen molar-refractivity contribution in [2.45, 2.75) is 25.8 Å². The van der Waals surface area contributed by atoms with Gasteiger partial charge in [-0.25, -0.2) is 0 Å². The summed E-state index contributed by atoms with van der Waals surface area (Å²) in [5.74, 6) is 2.63. The summed E-state index contributed by atoms with van der Waals surface area (Å²) in [6.07, 6.45) is 2.05. The summed E-state index contributed by atoms with van der Waals surface area (Å²) in [7, 11) is 0. The molecule has 2 heterocycles. The van der Waals surface area contributed by atoms with E-state index in [0.717, 1.165) is 24.9 Å². The van der Waals surface area contributed by atoms with Crippen molar-refractivity contribution in [2.75, 3.05) is 20.1 Å². The highest BCUT2D eigenvalue weighted by Crippen LogP contribution is 2.36. The van der Waals surface area contributed by atoms with Gasteiger partial charge in [-0.2, -0.15) is 0 Å². The number of ketones is 1. The van der Waals surface area contributed by atoms with Gasteiger partial charge in [-0.1, -0.05) is 19.4 Å². The third kappa shape index (κ3) is 3.96. The van der Waals surface area contributed by atoms with Crippen molar-refractivity contribution in [3.63, 3.8) is 0 Å². The Labute approximate surface area is 164 Å². The van der Waals surface area contributed by atoms with E-state index in [9.17, 15) is 4.79 Å².